The standard InChI is InChI=1S/C16H22N2OS/c1-16(2,3)8-11-9-17-15(20-11)18-13-10-19-14-7-5-4-6-12(13)14/h4-7,11,13H,8-10H2,1-3H3,(H,17,18). The number of nitrogens with zero attached hydrogens (tertiary/aromatic N) is 1. The molecule has 0 radical (unpaired) electrons. The van der Waals surface area contributed by atoms with Crippen molar-refractivity contribution >= 4 is 16.9 Å². The number of hydrogen-bond acceptors (Lipinski definition) is 4. The van der Waals surface area contributed by atoms with E-state index in [9.17, 15) is 0 Å². The Kier molecular flexibility index (Phi) is 3.67. The predicted octanol–water partition coefficient (Wildman–Crippen LogP) is 3.62. The van der Waals surface area contributed by atoms with Crippen molar-refractivity contribution in [3.8, 4) is 5.75 Å². The Hall–Kier alpha value is -1.16. The molecular weight excluding hydrogens is 268 g/mol. The number of rotatable bonds is 2. The number of aliphatic imine (C=N–C) groups is 1. The summed E-state index contributed by atoms with van der Waals surface area (Å²) in [6.45, 7) is 8.50. The molecule has 20 heavy (non-hydrogen) atoms. The molecule has 0 saturated carbocycles. The van der Waals surface area contributed by atoms with Crippen molar-refractivity contribution in [2.24, 2.45) is 10.4 Å². The van der Waals surface area contributed by atoms with Crippen LogP contribution in [0, 0.1) is 5.41 Å². The fourth-order valence-corrected chi connectivity index (χ4v) is 4.12. The Balaban J connectivity index is 1.58. The van der Waals surface area contributed by atoms with Crippen LogP contribution < -0.4 is 10.1 Å². The molecule has 1 aromatic rings. The molecule has 1 N–H and O–H groups in total. The Morgan fingerprint density at radius 2 is 2.15 bits per heavy atom. The van der Waals surface area contributed by atoms with Gasteiger partial charge in [-0.1, -0.05) is 50.7 Å². The minimum absolute atomic E-state index is 0.242. The van der Waals surface area contributed by atoms with Crippen molar-refractivity contribution in [3.05, 3.63) is 29.8 Å². The third-order valence-corrected chi connectivity index (χ3v) is 4.67. The van der Waals surface area contributed by atoms with Crippen molar-refractivity contribution in [1.82, 2.24) is 5.32 Å². The lowest BCUT2D eigenvalue weighted by molar-refractivity contribution is 0.325. The molecule has 2 aliphatic rings. The molecule has 3 rings (SSSR count). The van der Waals surface area contributed by atoms with Crippen LogP contribution in [-0.2, 0) is 0 Å². The van der Waals surface area contributed by atoms with E-state index in [1.165, 1.54) is 12.0 Å². The van der Waals surface area contributed by atoms with E-state index >= 15 is 0 Å². The highest BCUT2D eigenvalue weighted by atomic mass is 32.2. The smallest absolute Gasteiger partial charge is 0.157 e. The summed E-state index contributed by atoms with van der Waals surface area (Å²) < 4.78 is 5.70. The first kappa shape index (κ1) is 13.8. The second-order valence-corrected chi connectivity index (χ2v) is 7.99. The molecule has 4 heteroatoms. The summed E-state index contributed by atoms with van der Waals surface area (Å²) in [4.78, 5) is 4.65. The van der Waals surface area contributed by atoms with Crippen LogP contribution in [0.4, 0.5) is 0 Å². The van der Waals surface area contributed by atoms with E-state index in [0.717, 1.165) is 17.5 Å². The fraction of sp³-hybridized carbons (Fsp3) is 0.562. The van der Waals surface area contributed by atoms with Gasteiger partial charge in [0, 0.05) is 10.8 Å². The van der Waals surface area contributed by atoms with Crippen molar-refractivity contribution in [2.75, 3.05) is 13.2 Å². The first-order valence-electron chi connectivity index (χ1n) is 7.21. The average molecular weight is 290 g/mol. The number of hydrogen-bond donors (Lipinski definition) is 1. The summed E-state index contributed by atoms with van der Waals surface area (Å²) >= 11 is 1.88. The Labute approximate surface area is 125 Å². The number of ether oxygens (including phenoxy) is 1. The van der Waals surface area contributed by atoms with E-state index in [2.05, 4.69) is 43.2 Å². The molecule has 0 aliphatic carbocycles. The molecule has 108 valence electrons. The average Bonchev–Trinajstić information content (AvgIpc) is 2.96. The minimum atomic E-state index is 0.242. The molecule has 3 nitrogen and oxygen atoms in total. The third-order valence-electron chi connectivity index (χ3n) is 3.55. The van der Waals surface area contributed by atoms with Crippen LogP contribution in [0.2, 0.25) is 0 Å². The van der Waals surface area contributed by atoms with Gasteiger partial charge in [-0.2, -0.15) is 0 Å². The number of para-hydroxylation sites is 1. The van der Waals surface area contributed by atoms with Crippen LogP contribution in [0.3, 0.4) is 0 Å². The number of fused-ring (bicyclic) bond motifs is 1. The van der Waals surface area contributed by atoms with Crippen molar-refractivity contribution in [1.29, 1.82) is 0 Å². The molecule has 0 fully saturated rings. The lowest BCUT2D eigenvalue weighted by Gasteiger charge is -2.21. The maximum Gasteiger partial charge on any atom is 0.157 e. The van der Waals surface area contributed by atoms with Crippen LogP contribution in [0.1, 0.15) is 38.8 Å². The maximum absolute atomic E-state index is 5.70. The second kappa shape index (κ2) is 5.32. The molecule has 0 aromatic heterocycles. The molecule has 0 saturated heterocycles. The molecule has 2 heterocycles. The summed E-state index contributed by atoms with van der Waals surface area (Å²) in [5.41, 5.74) is 1.61. The number of amidine groups is 1. The van der Waals surface area contributed by atoms with Gasteiger partial charge in [-0.15, -0.1) is 0 Å². The number of nitrogens with one attached hydrogen (secondary N) is 1. The zero-order chi connectivity index (χ0) is 14.2. The topological polar surface area (TPSA) is 33.6 Å². The van der Waals surface area contributed by atoms with Crippen LogP contribution in [0.15, 0.2) is 29.3 Å². The maximum atomic E-state index is 5.70. The lowest BCUT2D eigenvalue weighted by Crippen LogP contribution is -2.27. The molecule has 0 amide bonds. The van der Waals surface area contributed by atoms with Gasteiger partial charge in [-0.25, -0.2) is 0 Å². The van der Waals surface area contributed by atoms with Crippen molar-refractivity contribution < 1.29 is 4.74 Å². The van der Waals surface area contributed by atoms with Gasteiger partial charge >= 0.3 is 0 Å². The van der Waals surface area contributed by atoms with Gasteiger partial charge in [-0.3, -0.25) is 4.99 Å². The van der Waals surface area contributed by atoms with Gasteiger partial charge in [0.1, 0.15) is 12.4 Å². The first-order chi connectivity index (χ1) is 9.51. The van der Waals surface area contributed by atoms with Crippen molar-refractivity contribution in [2.45, 2.75) is 38.5 Å². The Bertz CT molecular complexity index is 521. The molecule has 0 bridgehead atoms. The third kappa shape index (κ3) is 3.11. The zero-order valence-corrected chi connectivity index (χ0v) is 13.2. The monoisotopic (exact) mass is 290 g/mol. The molecule has 2 atom stereocenters. The summed E-state index contributed by atoms with van der Waals surface area (Å²) in [6, 6.07) is 8.48. The summed E-state index contributed by atoms with van der Waals surface area (Å²) in [7, 11) is 0. The molecule has 2 unspecified atom stereocenters. The highest BCUT2D eigenvalue weighted by molar-refractivity contribution is 8.14. The predicted molar refractivity (Wildman–Crippen MR) is 85.6 cm³/mol. The Morgan fingerprint density at radius 1 is 1.35 bits per heavy atom. The number of benzene rings is 1. The quantitative estimate of drug-likeness (QED) is 0.903. The molecule has 2 aliphatic heterocycles. The van der Waals surface area contributed by atoms with E-state index in [4.69, 9.17) is 4.74 Å². The van der Waals surface area contributed by atoms with E-state index in [1.807, 2.05) is 23.9 Å². The highest BCUT2D eigenvalue weighted by Crippen LogP contribution is 2.35. The van der Waals surface area contributed by atoms with Crippen LogP contribution in [0.5, 0.6) is 5.75 Å². The van der Waals surface area contributed by atoms with E-state index in [1.54, 1.807) is 0 Å². The van der Waals surface area contributed by atoms with Gasteiger partial charge in [0.15, 0.2) is 5.17 Å². The summed E-state index contributed by atoms with van der Waals surface area (Å²) in [5.74, 6) is 1.000. The molecule has 1 aromatic carbocycles. The van der Waals surface area contributed by atoms with E-state index < -0.39 is 0 Å². The SMILES string of the molecule is CC(C)(C)CC1CN=C(NC2COc3ccccc32)S1. The van der Waals surface area contributed by atoms with Crippen molar-refractivity contribution in [3.63, 3.8) is 0 Å². The van der Waals surface area contributed by atoms with Gasteiger partial charge in [-0.05, 0) is 17.9 Å². The van der Waals surface area contributed by atoms with E-state index in [-0.39, 0.29) is 6.04 Å². The number of thioether (sulfide) groups is 1. The zero-order valence-electron chi connectivity index (χ0n) is 12.3. The van der Waals surface area contributed by atoms with Gasteiger partial charge in [0.2, 0.25) is 0 Å². The molecular formula is C16H22N2OS. The molecule has 0 spiro atoms. The first-order valence-corrected chi connectivity index (χ1v) is 8.09. The fourth-order valence-electron chi connectivity index (χ4n) is 2.72. The summed E-state index contributed by atoms with van der Waals surface area (Å²) in [5, 5.41) is 5.22. The minimum Gasteiger partial charge on any atom is -0.491 e. The summed E-state index contributed by atoms with van der Waals surface area (Å²) in [6.07, 6.45) is 1.20. The largest absolute Gasteiger partial charge is 0.491 e. The second-order valence-electron chi connectivity index (χ2n) is 6.70. The van der Waals surface area contributed by atoms with Gasteiger partial charge in [0.05, 0.1) is 12.6 Å². The van der Waals surface area contributed by atoms with Crippen LogP contribution >= 0.6 is 11.8 Å². The van der Waals surface area contributed by atoms with Crippen LogP contribution in [-0.4, -0.2) is 23.6 Å². The normalized spacial score (nSPS) is 25.1. The Morgan fingerprint density at radius 3 is 2.95 bits per heavy atom. The van der Waals surface area contributed by atoms with Gasteiger partial charge < -0.3 is 10.1 Å². The van der Waals surface area contributed by atoms with E-state index in [0.29, 0.717) is 17.3 Å². The van der Waals surface area contributed by atoms with Crippen LogP contribution in [0.25, 0.3) is 0 Å². The van der Waals surface area contributed by atoms with Gasteiger partial charge in [0.25, 0.3) is 0 Å². The highest BCUT2D eigenvalue weighted by Gasteiger charge is 2.29. The lowest BCUT2D eigenvalue weighted by atomic mass is 9.90.